The minimum Gasteiger partial charge on any atom is -0.399 e. The third-order valence-corrected chi connectivity index (χ3v) is 3.67. The van der Waals surface area contributed by atoms with Gasteiger partial charge in [-0.15, -0.1) is 0 Å². The second-order valence-corrected chi connectivity index (χ2v) is 5.77. The average molecular weight is 406 g/mol. The van der Waals surface area contributed by atoms with Crippen molar-refractivity contribution in [2.75, 3.05) is 13.7 Å². The number of benzene rings is 1. The molecule has 1 heterocycles. The Bertz CT molecular complexity index is 842. The molecule has 0 spiro atoms. The molecule has 0 fully saturated rings. The summed E-state index contributed by atoms with van der Waals surface area (Å²) in [6.45, 7) is -0.257. The van der Waals surface area contributed by atoms with Gasteiger partial charge in [0.05, 0.1) is 27.7 Å². The molecule has 2 rings (SSSR count). The zero-order valence-corrected chi connectivity index (χ0v) is 14.8. The number of nitrogens with zero attached hydrogens (tertiary/aromatic N) is 2. The largest absolute Gasteiger partial charge is 0.417 e. The molecule has 0 aliphatic carbocycles. The lowest BCUT2D eigenvalue weighted by molar-refractivity contribution is -0.137. The standard InChI is InChI=1S/C16H12Cl2F3N3O2/c1-26-24-13(14-12(18)6-9(17)7-22-14)8-23-15(25)10-4-2-3-5-11(10)16(19,20)21/h2-7H,8H2,1H3,(H,23,25)/b24-13-. The third kappa shape index (κ3) is 4.86. The summed E-state index contributed by atoms with van der Waals surface area (Å²) in [5, 5.41) is 6.51. The van der Waals surface area contributed by atoms with Crippen molar-refractivity contribution < 1.29 is 22.8 Å². The van der Waals surface area contributed by atoms with E-state index in [0.717, 1.165) is 12.1 Å². The van der Waals surface area contributed by atoms with Gasteiger partial charge in [-0.1, -0.05) is 40.5 Å². The molecule has 1 amide bonds. The van der Waals surface area contributed by atoms with Crippen molar-refractivity contribution in [3.8, 4) is 0 Å². The van der Waals surface area contributed by atoms with E-state index >= 15 is 0 Å². The minimum absolute atomic E-state index is 0.118. The van der Waals surface area contributed by atoms with Crippen LogP contribution in [0.1, 0.15) is 21.6 Å². The van der Waals surface area contributed by atoms with Gasteiger partial charge in [0, 0.05) is 6.20 Å². The van der Waals surface area contributed by atoms with Gasteiger partial charge in [0.15, 0.2) is 0 Å². The van der Waals surface area contributed by atoms with Crippen LogP contribution in [0, 0.1) is 0 Å². The third-order valence-electron chi connectivity index (χ3n) is 3.18. The highest BCUT2D eigenvalue weighted by Gasteiger charge is 2.34. The summed E-state index contributed by atoms with van der Waals surface area (Å²) in [7, 11) is 1.27. The van der Waals surface area contributed by atoms with Crippen LogP contribution in [0.4, 0.5) is 13.2 Å². The van der Waals surface area contributed by atoms with Crippen LogP contribution in [-0.2, 0) is 11.0 Å². The van der Waals surface area contributed by atoms with E-state index in [4.69, 9.17) is 23.2 Å². The second-order valence-electron chi connectivity index (χ2n) is 4.93. The number of pyridine rings is 1. The number of carbonyl (C=O) groups excluding carboxylic acids is 1. The van der Waals surface area contributed by atoms with E-state index in [1.54, 1.807) is 0 Å². The normalized spacial score (nSPS) is 12.0. The molecule has 138 valence electrons. The number of aromatic nitrogens is 1. The van der Waals surface area contributed by atoms with Crippen LogP contribution < -0.4 is 5.32 Å². The SMILES string of the molecule is CO/N=C(/CNC(=O)c1ccccc1C(F)(F)F)c1ncc(Cl)cc1Cl. The smallest absolute Gasteiger partial charge is 0.399 e. The Labute approximate surface area is 156 Å². The topological polar surface area (TPSA) is 63.6 Å². The van der Waals surface area contributed by atoms with Crippen LogP contribution in [0.2, 0.25) is 10.0 Å². The number of carbonyl (C=O) groups is 1. The lowest BCUT2D eigenvalue weighted by atomic mass is 10.1. The number of amides is 1. The molecule has 0 radical (unpaired) electrons. The number of nitrogens with one attached hydrogen (secondary N) is 1. The van der Waals surface area contributed by atoms with Crippen molar-refractivity contribution >= 4 is 34.8 Å². The Balaban J connectivity index is 2.23. The zero-order valence-electron chi connectivity index (χ0n) is 13.3. The molecule has 5 nitrogen and oxygen atoms in total. The highest BCUT2D eigenvalue weighted by atomic mass is 35.5. The fourth-order valence-electron chi connectivity index (χ4n) is 2.08. The summed E-state index contributed by atoms with van der Waals surface area (Å²) in [5.74, 6) is -0.924. The molecule has 1 N–H and O–H groups in total. The summed E-state index contributed by atoms with van der Waals surface area (Å²) >= 11 is 11.8. The Kier molecular flexibility index (Phi) is 6.44. The van der Waals surface area contributed by atoms with E-state index in [2.05, 4.69) is 20.3 Å². The van der Waals surface area contributed by atoms with Crippen LogP contribution in [0.15, 0.2) is 41.7 Å². The van der Waals surface area contributed by atoms with Crippen LogP contribution in [0.25, 0.3) is 0 Å². The summed E-state index contributed by atoms with van der Waals surface area (Å²) in [5.41, 5.74) is -1.24. The molecular formula is C16H12Cl2F3N3O2. The fourth-order valence-corrected chi connectivity index (χ4v) is 2.57. The number of hydrogen-bond acceptors (Lipinski definition) is 4. The van der Waals surface area contributed by atoms with E-state index in [-0.39, 0.29) is 23.0 Å². The number of rotatable bonds is 5. The molecule has 0 saturated carbocycles. The van der Waals surface area contributed by atoms with Gasteiger partial charge in [-0.2, -0.15) is 13.2 Å². The Morgan fingerprint density at radius 3 is 2.62 bits per heavy atom. The van der Waals surface area contributed by atoms with Gasteiger partial charge >= 0.3 is 6.18 Å². The predicted molar refractivity (Wildman–Crippen MR) is 91.6 cm³/mol. The van der Waals surface area contributed by atoms with Crippen molar-refractivity contribution in [1.82, 2.24) is 10.3 Å². The van der Waals surface area contributed by atoms with Gasteiger partial charge in [-0.25, -0.2) is 0 Å². The molecule has 0 bridgehead atoms. The number of halogens is 5. The Morgan fingerprint density at radius 2 is 2.00 bits per heavy atom. The summed E-state index contributed by atoms with van der Waals surface area (Å²) in [6, 6.07) is 5.87. The minimum atomic E-state index is -4.65. The van der Waals surface area contributed by atoms with Crippen molar-refractivity contribution in [2.24, 2.45) is 5.16 Å². The quantitative estimate of drug-likeness (QED) is 0.599. The van der Waals surface area contributed by atoms with Crippen molar-refractivity contribution in [1.29, 1.82) is 0 Å². The van der Waals surface area contributed by atoms with E-state index in [1.165, 1.54) is 31.5 Å². The molecule has 1 aromatic heterocycles. The molecule has 0 aliphatic heterocycles. The predicted octanol–water partition coefficient (Wildman–Crippen LogP) is 4.19. The highest BCUT2D eigenvalue weighted by Crippen LogP contribution is 2.31. The van der Waals surface area contributed by atoms with Crippen LogP contribution >= 0.6 is 23.2 Å². The van der Waals surface area contributed by atoms with Gasteiger partial charge in [0.2, 0.25) is 0 Å². The van der Waals surface area contributed by atoms with E-state index in [9.17, 15) is 18.0 Å². The second kappa shape index (κ2) is 8.37. The number of hydrogen-bond donors (Lipinski definition) is 1. The van der Waals surface area contributed by atoms with E-state index in [0.29, 0.717) is 5.02 Å². The number of oxime groups is 1. The lowest BCUT2D eigenvalue weighted by Gasteiger charge is -2.13. The van der Waals surface area contributed by atoms with Gasteiger partial charge in [-0.3, -0.25) is 9.78 Å². The van der Waals surface area contributed by atoms with Gasteiger partial charge in [0.25, 0.3) is 5.91 Å². The molecule has 1 aromatic carbocycles. The van der Waals surface area contributed by atoms with Crippen LogP contribution in [0.3, 0.4) is 0 Å². The van der Waals surface area contributed by atoms with E-state index in [1.807, 2.05) is 0 Å². The average Bonchev–Trinajstić information content (AvgIpc) is 2.58. The van der Waals surface area contributed by atoms with Crippen molar-refractivity contribution in [2.45, 2.75) is 6.18 Å². The maximum Gasteiger partial charge on any atom is 0.417 e. The number of alkyl halides is 3. The first kappa shape index (κ1) is 20.0. The van der Waals surface area contributed by atoms with Crippen LogP contribution in [-0.4, -0.2) is 30.3 Å². The summed E-state index contributed by atoms with van der Waals surface area (Å²) in [6.07, 6.45) is -3.34. The Hall–Kier alpha value is -2.32. The molecule has 2 aromatic rings. The molecule has 0 atom stereocenters. The molecule has 0 aliphatic rings. The molecule has 10 heteroatoms. The highest BCUT2D eigenvalue weighted by molar-refractivity contribution is 6.36. The molecule has 26 heavy (non-hydrogen) atoms. The summed E-state index contributed by atoms with van der Waals surface area (Å²) < 4.78 is 39.1. The Morgan fingerprint density at radius 1 is 1.31 bits per heavy atom. The van der Waals surface area contributed by atoms with E-state index < -0.39 is 23.2 Å². The first-order valence-electron chi connectivity index (χ1n) is 7.10. The van der Waals surface area contributed by atoms with Crippen molar-refractivity contribution in [3.63, 3.8) is 0 Å². The maximum atomic E-state index is 13.0. The monoisotopic (exact) mass is 405 g/mol. The van der Waals surface area contributed by atoms with Crippen LogP contribution in [0.5, 0.6) is 0 Å². The molecule has 0 unspecified atom stereocenters. The first-order chi connectivity index (χ1) is 12.2. The fraction of sp³-hybridized carbons (Fsp3) is 0.188. The van der Waals surface area contributed by atoms with Gasteiger partial charge in [0.1, 0.15) is 18.5 Å². The molecule has 0 saturated heterocycles. The van der Waals surface area contributed by atoms with Crippen molar-refractivity contribution in [3.05, 3.63) is 63.4 Å². The van der Waals surface area contributed by atoms with Gasteiger partial charge < -0.3 is 10.2 Å². The molecular weight excluding hydrogens is 394 g/mol. The zero-order chi connectivity index (χ0) is 19.3. The first-order valence-corrected chi connectivity index (χ1v) is 7.85. The van der Waals surface area contributed by atoms with Gasteiger partial charge in [-0.05, 0) is 18.2 Å². The lowest BCUT2D eigenvalue weighted by Crippen LogP contribution is -2.32. The maximum absolute atomic E-state index is 13.0. The summed E-state index contributed by atoms with van der Waals surface area (Å²) in [4.78, 5) is 20.9.